The molecule has 0 aliphatic carbocycles. The van der Waals surface area contributed by atoms with Crippen LogP contribution >= 0.6 is 0 Å². The van der Waals surface area contributed by atoms with Gasteiger partial charge in [-0.15, -0.1) is 0 Å². The number of nitrogens with two attached hydrogens (primary N) is 1. The Kier molecular flexibility index (Phi) is 5.18. The number of amides is 1. The average molecular weight is 231 g/mol. The molecule has 1 rings (SSSR count). The van der Waals surface area contributed by atoms with E-state index in [2.05, 4.69) is 6.07 Å². The first kappa shape index (κ1) is 13.2. The number of nitrogens with zero attached hydrogens (tertiary/aromatic N) is 2. The molecule has 0 atom stereocenters. The van der Waals surface area contributed by atoms with E-state index in [1.165, 1.54) is 0 Å². The summed E-state index contributed by atoms with van der Waals surface area (Å²) in [6.07, 6.45) is 0.350. The number of benzene rings is 1. The Morgan fingerprint density at radius 2 is 2.18 bits per heavy atom. The Hall–Kier alpha value is -1.86. The molecule has 90 valence electrons. The number of nitriles is 1. The van der Waals surface area contributed by atoms with E-state index in [-0.39, 0.29) is 5.91 Å². The van der Waals surface area contributed by atoms with Gasteiger partial charge in [0.15, 0.2) is 0 Å². The topological polar surface area (TPSA) is 70.1 Å². The van der Waals surface area contributed by atoms with Crippen LogP contribution in [0.25, 0.3) is 0 Å². The number of carbonyl (C=O) groups is 1. The molecule has 0 radical (unpaired) electrons. The lowest BCUT2D eigenvalue weighted by molar-refractivity contribution is -0.131. The molecule has 0 saturated heterocycles. The van der Waals surface area contributed by atoms with E-state index in [4.69, 9.17) is 11.0 Å². The molecule has 0 aliphatic rings. The fourth-order valence-corrected chi connectivity index (χ4v) is 1.63. The summed E-state index contributed by atoms with van der Waals surface area (Å²) < 4.78 is 0. The molecule has 2 N–H and O–H groups in total. The molecule has 4 nitrogen and oxygen atoms in total. The van der Waals surface area contributed by atoms with Gasteiger partial charge >= 0.3 is 0 Å². The lowest BCUT2D eigenvalue weighted by Gasteiger charge is -2.21. The number of hydrogen-bond acceptors (Lipinski definition) is 3. The molecule has 4 heteroatoms. The monoisotopic (exact) mass is 231 g/mol. The maximum Gasteiger partial charge on any atom is 0.224 e. The van der Waals surface area contributed by atoms with Crippen molar-refractivity contribution in [3.05, 3.63) is 35.4 Å². The van der Waals surface area contributed by atoms with Gasteiger partial charge in [-0.3, -0.25) is 4.79 Å². The van der Waals surface area contributed by atoms with Crippen molar-refractivity contribution in [2.24, 2.45) is 5.73 Å². The largest absolute Gasteiger partial charge is 0.339 e. The summed E-state index contributed by atoms with van der Waals surface area (Å²) in [5.41, 5.74) is 6.87. The summed E-state index contributed by atoms with van der Waals surface area (Å²) in [5.74, 6) is 0.0303. The molecule has 0 unspecified atom stereocenters. The molecule has 0 spiro atoms. The average Bonchev–Trinajstić information content (AvgIpc) is 2.36. The molecular formula is C13H17N3O. The molecule has 0 aromatic heterocycles. The van der Waals surface area contributed by atoms with E-state index in [1.54, 1.807) is 11.0 Å². The number of hydrogen-bond donors (Lipinski definition) is 1. The maximum atomic E-state index is 11.7. The van der Waals surface area contributed by atoms with E-state index in [0.717, 1.165) is 5.56 Å². The van der Waals surface area contributed by atoms with Crippen LogP contribution in [0.15, 0.2) is 24.3 Å². The van der Waals surface area contributed by atoms with Gasteiger partial charge in [0.2, 0.25) is 5.91 Å². The van der Waals surface area contributed by atoms with Gasteiger partial charge < -0.3 is 10.6 Å². The summed E-state index contributed by atoms with van der Waals surface area (Å²) in [5, 5.41) is 8.97. The van der Waals surface area contributed by atoms with Gasteiger partial charge in [-0.05, 0) is 18.6 Å². The Morgan fingerprint density at radius 1 is 1.47 bits per heavy atom. The highest BCUT2D eigenvalue weighted by molar-refractivity contribution is 5.76. The third-order valence-corrected chi connectivity index (χ3v) is 2.59. The van der Waals surface area contributed by atoms with Gasteiger partial charge in [0.1, 0.15) is 0 Å². The van der Waals surface area contributed by atoms with Crippen LogP contribution in [0.4, 0.5) is 0 Å². The molecule has 0 heterocycles. The van der Waals surface area contributed by atoms with Gasteiger partial charge in [0.25, 0.3) is 0 Å². The standard InChI is InChI=1S/C13H17N3O/c1-2-16(13(17)7-8-14)10-12-6-4-3-5-11(12)9-15/h3-6H,2,7-8,10,14H2,1H3. The smallest absolute Gasteiger partial charge is 0.224 e. The van der Waals surface area contributed by atoms with Gasteiger partial charge in [-0.25, -0.2) is 0 Å². The van der Waals surface area contributed by atoms with Gasteiger partial charge in [0, 0.05) is 26.1 Å². The van der Waals surface area contributed by atoms with Crippen LogP contribution in [0.2, 0.25) is 0 Å². The Morgan fingerprint density at radius 3 is 2.76 bits per heavy atom. The summed E-state index contributed by atoms with van der Waals surface area (Å²) in [6.45, 7) is 3.37. The summed E-state index contributed by atoms with van der Waals surface area (Å²) in [4.78, 5) is 13.5. The highest BCUT2D eigenvalue weighted by Gasteiger charge is 2.12. The van der Waals surface area contributed by atoms with E-state index >= 15 is 0 Å². The zero-order valence-corrected chi connectivity index (χ0v) is 10.0. The molecule has 1 aromatic rings. The lowest BCUT2D eigenvalue weighted by atomic mass is 10.1. The van der Waals surface area contributed by atoms with Crippen LogP contribution < -0.4 is 5.73 Å². The second kappa shape index (κ2) is 6.66. The molecule has 0 fully saturated rings. The Labute approximate surface area is 102 Å². The van der Waals surface area contributed by atoms with Crippen LogP contribution in [0.3, 0.4) is 0 Å². The molecule has 0 saturated carbocycles. The van der Waals surface area contributed by atoms with Crippen molar-refractivity contribution in [1.29, 1.82) is 5.26 Å². The van der Waals surface area contributed by atoms with E-state index < -0.39 is 0 Å². The van der Waals surface area contributed by atoms with Gasteiger partial charge in [-0.2, -0.15) is 5.26 Å². The highest BCUT2D eigenvalue weighted by atomic mass is 16.2. The first-order valence-electron chi connectivity index (χ1n) is 5.68. The van der Waals surface area contributed by atoms with E-state index in [1.807, 2.05) is 25.1 Å². The SMILES string of the molecule is CCN(Cc1ccccc1C#N)C(=O)CCN. The first-order chi connectivity index (χ1) is 8.22. The van der Waals surface area contributed by atoms with Crippen LogP contribution in [0.1, 0.15) is 24.5 Å². The van der Waals surface area contributed by atoms with Crippen molar-refractivity contribution in [3.8, 4) is 6.07 Å². The fourth-order valence-electron chi connectivity index (χ4n) is 1.63. The summed E-state index contributed by atoms with van der Waals surface area (Å²) in [7, 11) is 0. The zero-order valence-electron chi connectivity index (χ0n) is 10.0. The van der Waals surface area contributed by atoms with Gasteiger partial charge in [0.05, 0.1) is 11.6 Å². The second-order valence-electron chi connectivity index (χ2n) is 3.72. The predicted octanol–water partition coefficient (Wildman–Crippen LogP) is 1.26. The minimum atomic E-state index is 0.0303. The Bertz CT molecular complexity index is 423. The number of carbonyl (C=O) groups excluding carboxylic acids is 1. The minimum absolute atomic E-state index is 0.0303. The van der Waals surface area contributed by atoms with E-state index in [9.17, 15) is 4.79 Å². The molecule has 1 aromatic carbocycles. The fraction of sp³-hybridized carbons (Fsp3) is 0.385. The predicted molar refractivity (Wildman–Crippen MR) is 65.9 cm³/mol. The van der Waals surface area contributed by atoms with Crippen molar-refractivity contribution in [2.45, 2.75) is 19.9 Å². The Balaban J connectivity index is 2.81. The third kappa shape index (κ3) is 3.58. The van der Waals surface area contributed by atoms with E-state index in [0.29, 0.717) is 31.6 Å². The first-order valence-corrected chi connectivity index (χ1v) is 5.68. The van der Waals surface area contributed by atoms with Crippen molar-refractivity contribution in [1.82, 2.24) is 4.90 Å². The molecule has 1 amide bonds. The molecule has 17 heavy (non-hydrogen) atoms. The summed E-state index contributed by atoms with van der Waals surface area (Å²) in [6, 6.07) is 9.46. The van der Waals surface area contributed by atoms with Crippen molar-refractivity contribution in [2.75, 3.05) is 13.1 Å². The van der Waals surface area contributed by atoms with Crippen molar-refractivity contribution < 1.29 is 4.79 Å². The van der Waals surface area contributed by atoms with Gasteiger partial charge in [-0.1, -0.05) is 18.2 Å². The third-order valence-electron chi connectivity index (χ3n) is 2.59. The highest BCUT2D eigenvalue weighted by Crippen LogP contribution is 2.11. The lowest BCUT2D eigenvalue weighted by Crippen LogP contribution is -2.31. The summed E-state index contributed by atoms with van der Waals surface area (Å²) >= 11 is 0. The number of rotatable bonds is 5. The van der Waals surface area contributed by atoms with Crippen molar-refractivity contribution in [3.63, 3.8) is 0 Å². The molecule has 0 bridgehead atoms. The molecular weight excluding hydrogens is 214 g/mol. The normalized spacial score (nSPS) is 9.71. The van der Waals surface area contributed by atoms with Crippen LogP contribution in [0.5, 0.6) is 0 Å². The molecule has 0 aliphatic heterocycles. The van der Waals surface area contributed by atoms with Crippen LogP contribution in [0, 0.1) is 11.3 Å². The van der Waals surface area contributed by atoms with Crippen LogP contribution in [-0.2, 0) is 11.3 Å². The second-order valence-corrected chi connectivity index (χ2v) is 3.72. The van der Waals surface area contributed by atoms with Crippen LogP contribution in [-0.4, -0.2) is 23.9 Å². The quantitative estimate of drug-likeness (QED) is 0.829. The zero-order chi connectivity index (χ0) is 12.7. The minimum Gasteiger partial charge on any atom is -0.339 e. The maximum absolute atomic E-state index is 11.7. The van der Waals surface area contributed by atoms with Crippen molar-refractivity contribution >= 4 is 5.91 Å².